The first-order valence-electron chi connectivity index (χ1n) is 4.80. The number of hydrogen-bond donors (Lipinski definition) is 1. The van der Waals surface area contributed by atoms with E-state index in [0.717, 1.165) is 0 Å². The zero-order valence-electron chi connectivity index (χ0n) is 8.50. The number of halogens is 2. The molecule has 4 nitrogen and oxygen atoms in total. The lowest BCUT2D eigenvalue weighted by molar-refractivity contribution is -0.125. The molecule has 88 valence electrons. The molecule has 0 bridgehead atoms. The maximum Gasteiger partial charge on any atom is 0.238 e. The molecule has 0 spiro atoms. The van der Waals surface area contributed by atoms with Crippen LogP contribution in [0, 0.1) is 5.92 Å². The molecule has 1 N–H and O–H groups in total. The molecule has 1 aromatic rings. The Bertz CT molecular complexity index is 511. The third-order valence-electron chi connectivity index (χ3n) is 2.48. The van der Waals surface area contributed by atoms with Crippen LogP contribution in [-0.4, -0.2) is 24.0 Å². The minimum atomic E-state index is -1.28. The van der Waals surface area contributed by atoms with Gasteiger partial charge in [-0.15, -0.1) is 0 Å². The van der Waals surface area contributed by atoms with Crippen molar-refractivity contribution in [3.8, 4) is 0 Å². The van der Waals surface area contributed by atoms with Crippen LogP contribution in [0.25, 0.3) is 0 Å². The van der Waals surface area contributed by atoms with Crippen LogP contribution in [0.5, 0.6) is 0 Å². The molecule has 1 saturated heterocycles. The number of carbonyl (C=O) groups is 3. The molecule has 6 heteroatoms. The molecule has 0 aliphatic carbocycles. The molecule has 1 aliphatic heterocycles. The maximum absolute atomic E-state index is 12.0. The van der Waals surface area contributed by atoms with Crippen molar-refractivity contribution in [2.45, 2.75) is 0 Å². The molecule has 0 saturated carbocycles. The van der Waals surface area contributed by atoms with Gasteiger partial charge in [-0.1, -0.05) is 23.2 Å². The lowest BCUT2D eigenvalue weighted by Crippen LogP contribution is -2.28. The summed E-state index contributed by atoms with van der Waals surface area (Å²) in [5, 5.41) is 2.84. The highest BCUT2D eigenvalue weighted by atomic mass is 35.5. The molecule has 1 aromatic carbocycles. The van der Waals surface area contributed by atoms with Crippen LogP contribution in [0.2, 0.25) is 10.0 Å². The van der Waals surface area contributed by atoms with Gasteiger partial charge in [0.1, 0.15) is 0 Å². The maximum atomic E-state index is 12.0. The Morgan fingerprint density at radius 1 is 1.29 bits per heavy atom. The van der Waals surface area contributed by atoms with E-state index in [9.17, 15) is 14.4 Å². The molecule has 2 rings (SSSR count). The minimum Gasteiger partial charge on any atom is -0.348 e. The van der Waals surface area contributed by atoms with Crippen molar-refractivity contribution in [1.29, 1.82) is 0 Å². The van der Waals surface area contributed by atoms with Gasteiger partial charge in [0.25, 0.3) is 0 Å². The zero-order valence-corrected chi connectivity index (χ0v) is 10.0. The quantitative estimate of drug-likeness (QED) is 0.655. The van der Waals surface area contributed by atoms with E-state index in [1.54, 1.807) is 0 Å². The third kappa shape index (κ3) is 2.18. The largest absolute Gasteiger partial charge is 0.348 e. The van der Waals surface area contributed by atoms with E-state index in [0.29, 0.717) is 5.02 Å². The highest BCUT2D eigenvalue weighted by Crippen LogP contribution is 2.24. The molecule has 1 atom stereocenters. The van der Waals surface area contributed by atoms with Crippen molar-refractivity contribution in [2.75, 3.05) is 6.54 Å². The molecular weight excluding hydrogens is 265 g/mol. The molecule has 17 heavy (non-hydrogen) atoms. The van der Waals surface area contributed by atoms with Gasteiger partial charge in [0.2, 0.25) is 5.91 Å². The summed E-state index contributed by atoms with van der Waals surface area (Å²) in [6, 6.07) is 4.29. The Morgan fingerprint density at radius 3 is 2.53 bits per heavy atom. The van der Waals surface area contributed by atoms with E-state index in [2.05, 4.69) is 5.32 Å². The number of Topliss-reactive ketones (excluding diaryl/α,β-unsaturated/α-hetero) is 2. The molecule has 1 heterocycles. The predicted octanol–water partition coefficient (Wildman–Crippen LogP) is 1.49. The summed E-state index contributed by atoms with van der Waals surface area (Å²) in [6.07, 6.45) is 0. The monoisotopic (exact) mass is 271 g/mol. The number of nitrogens with one attached hydrogen (secondary N) is 1. The van der Waals surface area contributed by atoms with E-state index >= 15 is 0 Å². The zero-order chi connectivity index (χ0) is 12.6. The van der Waals surface area contributed by atoms with Gasteiger partial charge in [0.05, 0.1) is 11.6 Å². The number of benzene rings is 1. The summed E-state index contributed by atoms with van der Waals surface area (Å²) in [5.74, 6) is -2.89. The molecule has 1 amide bonds. The third-order valence-corrected chi connectivity index (χ3v) is 3.03. The number of amides is 1. The van der Waals surface area contributed by atoms with E-state index in [-0.39, 0.29) is 17.1 Å². The average molecular weight is 272 g/mol. The Morgan fingerprint density at radius 2 is 2.00 bits per heavy atom. The van der Waals surface area contributed by atoms with Crippen LogP contribution in [-0.2, 0) is 9.59 Å². The topological polar surface area (TPSA) is 63.2 Å². The van der Waals surface area contributed by atoms with Crippen LogP contribution < -0.4 is 5.32 Å². The fraction of sp³-hybridized carbons (Fsp3) is 0.182. The normalized spacial score (nSPS) is 19.3. The second-order valence-corrected chi connectivity index (χ2v) is 4.45. The van der Waals surface area contributed by atoms with Crippen LogP contribution >= 0.6 is 23.2 Å². The van der Waals surface area contributed by atoms with Crippen molar-refractivity contribution in [2.24, 2.45) is 5.92 Å². The standard InChI is InChI=1S/C11H7Cl2NO3/c12-5-1-2-6(7(13)3-5)10(16)9-8(15)4-14-11(9)17/h1-3,9H,4H2,(H,14,17). The first-order valence-corrected chi connectivity index (χ1v) is 5.56. The SMILES string of the molecule is O=C1CNC(=O)C1C(=O)c1ccc(Cl)cc1Cl. The fourth-order valence-corrected chi connectivity index (χ4v) is 2.14. The Kier molecular flexibility index (Phi) is 3.17. The van der Waals surface area contributed by atoms with Crippen LogP contribution in [0.4, 0.5) is 0 Å². The lowest BCUT2D eigenvalue weighted by Gasteiger charge is -2.06. The summed E-state index contributed by atoms with van der Waals surface area (Å²) in [5.41, 5.74) is 0.131. The van der Waals surface area contributed by atoms with Crippen molar-refractivity contribution in [3.05, 3.63) is 33.8 Å². The van der Waals surface area contributed by atoms with Crippen molar-refractivity contribution in [3.63, 3.8) is 0 Å². The lowest BCUT2D eigenvalue weighted by atomic mass is 9.95. The van der Waals surface area contributed by atoms with E-state index in [4.69, 9.17) is 23.2 Å². The van der Waals surface area contributed by atoms with Crippen molar-refractivity contribution in [1.82, 2.24) is 5.32 Å². The minimum absolute atomic E-state index is 0.111. The molecular formula is C11H7Cl2NO3. The summed E-state index contributed by atoms with van der Waals surface area (Å²) in [7, 11) is 0. The molecule has 0 radical (unpaired) electrons. The van der Waals surface area contributed by atoms with Crippen molar-refractivity contribution >= 4 is 40.7 Å². The van der Waals surface area contributed by atoms with Gasteiger partial charge in [-0.2, -0.15) is 0 Å². The predicted molar refractivity (Wildman–Crippen MR) is 62.3 cm³/mol. The van der Waals surface area contributed by atoms with E-state index < -0.39 is 23.4 Å². The van der Waals surface area contributed by atoms with Gasteiger partial charge in [-0.3, -0.25) is 14.4 Å². The molecule has 1 aliphatic rings. The van der Waals surface area contributed by atoms with Gasteiger partial charge in [0, 0.05) is 10.6 Å². The van der Waals surface area contributed by atoms with Gasteiger partial charge in [0.15, 0.2) is 17.5 Å². The van der Waals surface area contributed by atoms with E-state index in [1.165, 1.54) is 18.2 Å². The van der Waals surface area contributed by atoms with Crippen LogP contribution in [0.15, 0.2) is 18.2 Å². The Balaban J connectivity index is 2.37. The van der Waals surface area contributed by atoms with Gasteiger partial charge < -0.3 is 5.32 Å². The smallest absolute Gasteiger partial charge is 0.238 e. The number of ketones is 2. The highest BCUT2D eigenvalue weighted by Gasteiger charge is 2.39. The number of carbonyl (C=O) groups excluding carboxylic acids is 3. The van der Waals surface area contributed by atoms with E-state index in [1.807, 2.05) is 0 Å². The molecule has 0 aromatic heterocycles. The molecule has 1 unspecified atom stereocenters. The second-order valence-electron chi connectivity index (χ2n) is 3.61. The number of hydrogen-bond acceptors (Lipinski definition) is 3. The van der Waals surface area contributed by atoms with Gasteiger partial charge >= 0.3 is 0 Å². The average Bonchev–Trinajstić information content (AvgIpc) is 2.58. The molecule has 1 fully saturated rings. The first-order chi connectivity index (χ1) is 8.00. The fourth-order valence-electron chi connectivity index (χ4n) is 1.63. The van der Waals surface area contributed by atoms with Gasteiger partial charge in [-0.05, 0) is 18.2 Å². The summed E-state index contributed by atoms with van der Waals surface area (Å²) < 4.78 is 0. The summed E-state index contributed by atoms with van der Waals surface area (Å²) in [6.45, 7) is -0.111. The Labute approximate surface area is 107 Å². The highest BCUT2D eigenvalue weighted by molar-refractivity contribution is 6.38. The first kappa shape index (κ1) is 12.1. The summed E-state index contributed by atoms with van der Waals surface area (Å²) in [4.78, 5) is 34.8. The van der Waals surface area contributed by atoms with Crippen molar-refractivity contribution < 1.29 is 14.4 Å². The van der Waals surface area contributed by atoms with Crippen LogP contribution in [0.1, 0.15) is 10.4 Å². The Hall–Kier alpha value is -1.39. The van der Waals surface area contributed by atoms with Gasteiger partial charge in [-0.25, -0.2) is 0 Å². The summed E-state index contributed by atoms with van der Waals surface area (Å²) >= 11 is 11.5. The second kappa shape index (κ2) is 4.47. The number of rotatable bonds is 2. The van der Waals surface area contributed by atoms with Crippen LogP contribution in [0.3, 0.4) is 0 Å².